The molecule has 1 aliphatic rings. The molecule has 2 aromatic rings. The number of nitrogens with two attached hydrogens (primary N) is 1. The summed E-state index contributed by atoms with van der Waals surface area (Å²) < 4.78 is 1.87. The van der Waals surface area contributed by atoms with Gasteiger partial charge in [0.25, 0.3) is 0 Å². The van der Waals surface area contributed by atoms with Crippen molar-refractivity contribution < 1.29 is 0 Å². The Hall–Kier alpha value is -1.88. The maximum atomic E-state index is 6.01. The first-order chi connectivity index (χ1) is 10.2. The molecular formula is C16H23N5. The van der Waals surface area contributed by atoms with Crippen molar-refractivity contribution in [2.75, 3.05) is 5.32 Å². The lowest BCUT2D eigenvalue weighted by Crippen LogP contribution is -2.22. The zero-order valence-electron chi connectivity index (χ0n) is 12.7. The number of aromatic nitrogens is 3. The third kappa shape index (κ3) is 2.78. The summed E-state index contributed by atoms with van der Waals surface area (Å²) in [4.78, 5) is 4.69. The van der Waals surface area contributed by atoms with Crippen LogP contribution in [0.15, 0.2) is 24.4 Å². The van der Waals surface area contributed by atoms with E-state index >= 15 is 0 Å². The number of allylic oxidation sites excluding steroid dienone is 2. The molecule has 5 heteroatoms. The minimum absolute atomic E-state index is 0.318. The minimum atomic E-state index is 0.318. The summed E-state index contributed by atoms with van der Waals surface area (Å²) in [6.07, 6.45) is 8.12. The Bertz CT molecular complexity index is 658. The van der Waals surface area contributed by atoms with E-state index in [1.54, 1.807) is 6.20 Å². The van der Waals surface area contributed by atoms with Crippen LogP contribution in [0.1, 0.15) is 45.2 Å². The van der Waals surface area contributed by atoms with E-state index < -0.39 is 0 Å². The first-order valence-corrected chi connectivity index (χ1v) is 7.73. The standard InChI is InChI=1S/C16H23N5/c1-3-11(4-2)14-10-16(19-13-6-5-12(17)9-13)21-15(20-14)7-8-18-21/h3,7-8,10,12-13,19H,4-6,9,17H2,1-2H3/b11-3-. The van der Waals surface area contributed by atoms with E-state index in [2.05, 4.69) is 36.4 Å². The Kier molecular flexibility index (Phi) is 3.92. The number of fused-ring (bicyclic) bond motifs is 1. The van der Waals surface area contributed by atoms with Crippen LogP contribution in [0.3, 0.4) is 0 Å². The second kappa shape index (κ2) is 5.85. The Morgan fingerprint density at radius 1 is 1.52 bits per heavy atom. The van der Waals surface area contributed by atoms with Crippen LogP contribution in [0.4, 0.5) is 5.82 Å². The first-order valence-electron chi connectivity index (χ1n) is 7.73. The van der Waals surface area contributed by atoms with E-state index in [0.717, 1.165) is 42.8 Å². The Balaban J connectivity index is 1.97. The molecule has 0 radical (unpaired) electrons. The van der Waals surface area contributed by atoms with Crippen LogP contribution in [0, 0.1) is 0 Å². The number of rotatable bonds is 4. The number of hydrogen-bond acceptors (Lipinski definition) is 4. The molecule has 0 aromatic carbocycles. The van der Waals surface area contributed by atoms with Gasteiger partial charge in [-0.05, 0) is 38.2 Å². The van der Waals surface area contributed by atoms with Crippen LogP contribution in [-0.2, 0) is 0 Å². The maximum absolute atomic E-state index is 6.01. The molecule has 1 aliphatic carbocycles. The molecule has 21 heavy (non-hydrogen) atoms. The highest BCUT2D eigenvalue weighted by molar-refractivity contribution is 5.67. The molecule has 2 unspecified atom stereocenters. The van der Waals surface area contributed by atoms with E-state index in [4.69, 9.17) is 10.7 Å². The van der Waals surface area contributed by atoms with Gasteiger partial charge < -0.3 is 11.1 Å². The van der Waals surface area contributed by atoms with Crippen LogP contribution < -0.4 is 11.1 Å². The largest absolute Gasteiger partial charge is 0.367 e. The molecule has 2 heterocycles. The molecule has 3 rings (SSSR count). The van der Waals surface area contributed by atoms with Crippen LogP contribution in [0.2, 0.25) is 0 Å². The predicted octanol–water partition coefficient (Wildman–Crippen LogP) is 2.83. The summed E-state index contributed by atoms with van der Waals surface area (Å²) in [5, 5.41) is 7.97. The van der Waals surface area contributed by atoms with Crippen molar-refractivity contribution in [1.29, 1.82) is 0 Å². The Labute approximate surface area is 125 Å². The molecule has 0 spiro atoms. The summed E-state index contributed by atoms with van der Waals surface area (Å²) in [6, 6.07) is 4.79. The molecule has 0 amide bonds. The summed E-state index contributed by atoms with van der Waals surface area (Å²) in [7, 11) is 0. The normalized spacial score (nSPS) is 22.9. The highest BCUT2D eigenvalue weighted by Gasteiger charge is 2.22. The minimum Gasteiger partial charge on any atom is -0.367 e. The molecule has 0 aliphatic heterocycles. The quantitative estimate of drug-likeness (QED) is 0.906. The van der Waals surface area contributed by atoms with E-state index in [0.29, 0.717) is 12.1 Å². The fourth-order valence-electron chi connectivity index (χ4n) is 3.07. The highest BCUT2D eigenvalue weighted by Crippen LogP contribution is 2.25. The van der Waals surface area contributed by atoms with Gasteiger partial charge in [-0.1, -0.05) is 13.0 Å². The predicted molar refractivity (Wildman–Crippen MR) is 86.2 cm³/mol. The first kappa shape index (κ1) is 14.1. The molecule has 0 bridgehead atoms. The highest BCUT2D eigenvalue weighted by atomic mass is 15.3. The van der Waals surface area contributed by atoms with Crippen molar-refractivity contribution in [1.82, 2.24) is 14.6 Å². The average Bonchev–Trinajstić information content (AvgIpc) is 3.09. The summed E-state index contributed by atoms with van der Waals surface area (Å²) in [5.74, 6) is 1.01. The van der Waals surface area contributed by atoms with Gasteiger partial charge in [0.05, 0.1) is 11.9 Å². The van der Waals surface area contributed by atoms with Crippen molar-refractivity contribution in [3.8, 4) is 0 Å². The van der Waals surface area contributed by atoms with Crippen LogP contribution in [-0.4, -0.2) is 26.7 Å². The fourth-order valence-corrected chi connectivity index (χ4v) is 3.07. The number of anilines is 1. The van der Waals surface area contributed by atoms with E-state index in [9.17, 15) is 0 Å². The van der Waals surface area contributed by atoms with E-state index in [-0.39, 0.29) is 0 Å². The van der Waals surface area contributed by atoms with Gasteiger partial charge >= 0.3 is 0 Å². The van der Waals surface area contributed by atoms with Gasteiger partial charge in [0.15, 0.2) is 5.65 Å². The van der Waals surface area contributed by atoms with Gasteiger partial charge in [-0.25, -0.2) is 4.98 Å². The molecule has 2 aromatic heterocycles. The lowest BCUT2D eigenvalue weighted by atomic mass is 10.1. The Morgan fingerprint density at radius 3 is 3.05 bits per heavy atom. The van der Waals surface area contributed by atoms with Crippen LogP contribution in [0.25, 0.3) is 11.2 Å². The third-order valence-corrected chi connectivity index (χ3v) is 4.24. The zero-order chi connectivity index (χ0) is 14.8. The molecular weight excluding hydrogens is 262 g/mol. The molecule has 3 N–H and O–H groups in total. The molecule has 5 nitrogen and oxygen atoms in total. The van der Waals surface area contributed by atoms with Gasteiger partial charge in [0.2, 0.25) is 0 Å². The van der Waals surface area contributed by atoms with Gasteiger partial charge in [-0.3, -0.25) is 0 Å². The monoisotopic (exact) mass is 285 g/mol. The van der Waals surface area contributed by atoms with Crippen molar-refractivity contribution in [2.45, 2.75) is 51.6 Å². The van der Waals surface area contributed by atoms with Crippen LogP contribution >= 0.6 is 0 Å². The summed E-state index contributed by atoms with van der Waals surface area (Å²) in [5.41, 5.74) is 9.17. The second-order valence-electron chi connectivity index (χ2n) is 5.71. The topological polar surface area (TPSA) is 68.2 Å². The van der Waals surface area contributed by atoms with Crippen molar-refractivity contribution >= 4 is 17.0 Å². The number of hydrogen-bond donors (Lipinski definition) is 2. The summed E-state index contributed by atoms with van der Waals surface area (Å²) >= 11 is 0. The maximum Gasteiger partial charge on any atom is 0.157 e. The van der Waals surface area contributed by atoms with Gasteiger partial charge in [-0.15, -0.1) is 0 Å². The lowest BCUT2D eigenvalue weighted by molar-refractivity contribution is 0.684. The van der Waals surface area contributed by atoms with Crippen molar-refractivity contribution in [2.24, 2.45) is 5.73 Å². The average molecular weight is 285 g/mol. The smallest absolute Gasteiger partial charge is 0.157 e. The number of nitrogens with one attached hydrogen (secondary N) is 1. The lowest BCUT2D eigenvalue weighted by Gasteiger charge is -2.16. The molecule has 2 atom stereocenters. The molecule has 1 saturated carbocycles. The SMILES string of the molecule is C/C=C(/CC)c1cc(NC2CCC(N)C2)n2nccc2n1. The summed E-state index contributed by atoms with van der Waals surface area (Å²) in [6.45, 7) is 4.21. The van der Waals surface area contributed by atoms with Crippen molar-refractivity contribution in [3.63, 3.8) is 0 Å². The van der Waals surface area contributed by atoms with Crippen molar-refractivity contribution in [3.05, 3.63) is 30.1 Å². The van der Waals surface area contributed by atoms with E-state index in [1.807, 2.05) is 10.6 Å². The Morgan fingerprint density at radius 2 is 2.38 bits per heavy atom. The van der Waals surface area contributed by atoms with E-state index in [1.165, 1.54) is 5.57 Å². The third-order valence-electron chi connectivity index (χ3n) is 4.24. The molecule has 0 saturated heterocycles. The molecule has 112 valence electrons. The molecule has 1 fully saturated rings. The zero-order valence-corrected chi connectivity index (χ0v) is 12.7. The van der Waals surface area contributed by atoms with Gasteiger partial charge in [0.1, 0.15) is 5.82 Å². The van der Waals surface area contributed by atoms with Gasteiger partial charge in [0, 0.05) is 24.2 Å². The van der Waals surface area contributed by atoms with Gasteiger partial charge in [-0.2, -0.15) is 9.61 Å². The number of nitrogens with zero attached hydrogens (tertiary/aromatic N) is 3. The second-order valence-corrected chi connectivity index (χ2v) is 5.71. The van der Waals surface area contributed by atoms with Crippen LogP contribution in [0.5, 0.6) is 0 Å². The fraction of sp³-hybridized carbons (Fsp3) is 0.500.